The maximum Gasteiger partial charge on any atom is 0.416 e. The monoisotopic (exact) mass is 404 g/mol. The molecular weight excluding hydrogens is 381 g/mol. The number of aryl methyl sites for hydroxylation is 1. The van der Waals surface area contributed by atoms with E-state index in [1.54, 1.807) is 11.0 Å². The molecule has 154 valence electrons. The number of nitriles is 1. The number of hydrogen-bond donors (Lipinski definition) is 0. The number of halogens is 3. The minimum atomic E-state index is -4.37. The summed E-state index contributed by atoms with van der Waals surface area (Å²) < 4.78 is 37.9. The van der Waals surface area contributed by atoms with Gasteiger partial charge in [0.2, 0.25) is 5.91 Å². The molecule has 0 radical (unpaired) electrons. The number of amides is 1. The molecule has 0 unspecified atom stereocenters. The van der Waals surface area contributed by atoms with Crippen LogP contribution >= 0.6 is 0 Å². The summed E-state index contributed by atoms with van der Waals surface area (Å²) in [4.78, 5) is 26.7. The van der Waals surface area contributed by atoms with Gasteiger partial charge in [-0.25, -0.2) is 0 Å². The fraction of sp³-hybridized carbons (Fsp3) is 0.500. The SMILES string of the molecule is CC1(C)C[C@@]2(C=C(C#N)C1=O)CCN(C(=O)CCc1ccc(C(F)(F)F)cc1)C2. The second-order valence-electron chi connectivity index (χ2n) is 8.68. The van der Waals surface area contributed by atoms with E-state index < -0.39 is 17.2 Å². The quantitative estimate of drug-likeness (QED) is 0.754. The molecule has 1 saturated heterocycles. The summed E-state index contributed by atoms with van der Waals surface area (Å²) in [5.74, 6) is -0.221. The first-order valence-corrected chi connectivity index (χ1v) is 9.57. The summed E-state index contributed by atoms with van der Waals surface area (Å²) in [6.45, 7) is 4.67. The third kappa shape index (κ3) is 4.36. The van der Waals surface area contributed by atoms with Gasteiger partial charge in [-0.1, -0.05) is 32.1 Å². The molecule has 2 aliphatic rings. The number of ketones is 1. The summed E-state index contributed by atoms with van der Waals surface area (Å²) in [5, 5.41) is 9.30. The summed E-state index contributed by atoms with van der Waals surface area (Å²) in [6, 6.07) is 6.85. The number of Topliss-reactive ketones (excluding diaryl/α,β-unsaturated/α-hetero) is 1. The van der Waals surface area contributed by atoms with Crippen molar-refractivity contribution in [3.05, 3.63) is 47.0 Å². The number of allylic oxidation sites excluding steroid dienone is 1. The van der Waals surface area contributed by atoms with Crippen molar-refractivity contribution in [1.29, 1.82) is 5.26 Å². The number of carbonyl (C=O) groups excluding carboxylic acids is 2. The van der Waals surface area contributed by atoms with Gasteiger partial charge in [0.1, 0.15) is 6.07 Å². The fourth-order valence-electron chi connectivity index (χ4n) is 4.47. The van der Waals surface area contributed by atoms with E-state index in [2.05, 4.69) is 0 Å². The van der Waals surface area contributed by atoms with Gasteiger partial charge in [0.25, 0.3) is 0 Å². The van der Waals surface area contributed by atoms with Gasteiger partial charge in [0.05, 0.1) is 11.1 Å². The lowest BCUT2D eigenvalue weighted by Crippen LogP contribution is -2.40. The maximum atomic E-state index is 12.6. The van der Waals surface area contributed by atoms with Gasteiger partial charge in [0, 0.05) is 30.3 Å². The predicted octanol–water partition coefficient (Wildman–Crippen LogP) is 4.31. The Hall–Kier alpha value is -2.62. The average molecular weight is 404 g/mol. The summed E-state index contributed by atoms with van der Waals surface area (Å²) in [7, 11) is 0. The Morgan fingerprint density at radius 2 is 1.90 bits per heavy atom. The molecule has 0 N–H and O–H groups in total. The average Bonchev–Trinajstić information content (AvgIpc) is 3.05. The molecule has 1 atom stereocenters. The van der Waals surface area contributed by atoms with E-state index in [0.29, 0.717) is 37.9 Å². The number of hydrogen-bond acceptors (Lipinski definition) is 3. The molecule has 1 aliphatic heterocycles. The van der Waals surface area contributed by atoms with Crippen LogP contribution in [0.1, 0.15) is 44.2 Å². The normalized spacial score (nSPS) is 23.8. The Bertz CT molecular complexity index is 894. The number of likely N-dealkylation sites (tertiary alicyclic amines) is 1. The van der Waals surface area contributed by atoms with Gasteiger partial charge in [-0.3, -0.25) is 9.59 Å². The van der Waals surface area contributed by atoms with Crippen LogP contribution in [0.15, 0.2) is 35.9 Å². The first-order chi connectivity index (χ1) is 13.5. The molecule has 1 aromatic rings. The number of rotatable bonds is 3. The highest BCUT2D eigenvalue weighted by molar-refractivity contribution is 6.03. The van der Waals surface area contributed by atoms with Crippen LogP contribution in [0.5, 0.6) is 0 Å². The second kappa shape index (κ2) is 7.33. The Balaban J connectivity index is 1.63. The molecule has 1 amide bonds. The fourth-order valence-corrected chi connectivity index (χ4v) is 4.47. The van der Waals surface area contributed by atoms with Crippen molar-refractivity contribution in [3.8, 4) is 6.07 Å². The predicted molar refractivity (Wildman–Crippen MR) is 100 cm³/mol. The molecule has 7 heteroatoms. The van der Waals surface area contributed by atoms with Crippen molar-refractivity contribution in [3.63, 3.8) is 0 Å². The smallest absolute Gasteiger partial charge is 0.342 e. The van der Waals surface area contributed by atoms with Crippen LogP contribution in [0.4, 0.5) is 13.2 Å². The maximum absolute atomic E-state index is 12.6. The van der Waals surface area contributed by atoms with Crippen molar-refractivity contribution >= 4 is 11.7 Å². The van der Waals surface area contributed by atoms with Crippen molar-refractivity contribution < 1.29 is 22.8 Å². The standard InChI is InChI=1S/C22H23F3N2O2/c1-20(2)13-21(11-16(12-26)19(20)29)9-10-27(14-21)18(28)8-5-15-3-6-17(7-4-15)22(23,24)25/h3-4,6-7,11H,5,8-10,13-14H2,1-2H3/t21-/m0/s1. The third-order valence-electron chi connectivity index (χ3n) is 5.87. The molecule has 1 fully saturated rings. The number of nitrogens with zero attached hydrogens (tertiary/aromatic N) is 2. The Morgan fingerprint density at radius 3 is 2.48 bits per heavy atom. The Kier molecular flexibility index (Phi) is 5.33. The molecule has 1 aliphatic carbocycles. The van der Waals surface area contributed by atoms with Gasteiger partial charge in [-0.15, -0.1) is 0 Å². The molecule has 0 saturated carbocycles. The molecule has 0 bridgehead atoms. The highest BCUT2D eigenvalue weighted by Crippen LogP contribution is 2.48. The van der Waals surface area contributed by atoms with E-state index in [4.69, 9.17) is 0 Å². The third-order valence-corrected chi connectivity index (χ3v) is 5.87. The van der Waals surface area contributed by atoms with Crippen LogP contribution in [0, 0.1) is 22.2 Å². The first-order valence-electron chi connectivity index (χ1n) is 9.57. The van der Waals surface area contributed by atoms with Crippen molar-refractivity contribution in [2.75, 3.05) is 13.1 Å². The van der Waals surface area contributed by atoms with Crippen LogP contribution in [0.2, 0.25) is 0 Å². The summed E-state index contributed by atoms with van der Waals surface area (Å²) >= 11 is 0. The lowest BCUT2D eigenvalue weighted by Gasteiger charge is -2.38. The van der Waals surface area contributed by atoms with Crippen LogP contribution in [-0.4, -0.2) is 29.7 Å². The minimum absolute atomic E-state index is 0.0663. The molecule has 0 aromatic heterocycles. The van der Waals surface area contributed by atoms with Gasteiger partial charge >= 0.3 is 6.18 Å². The van der Waals surface area contributed by atoms with Crippen molar-refractivity contribution in [1.82, 2.24) is 4.90 Å². The van der Waals surface area contributed by atoms with Crippen LogP contribution in [0.25, 0.3) is 0 Å². The van der Waals surface area contributed by atoms with Gasteiger partial charge in [0.15, 0.2) is 5.78 Å². The Morgan fingerprint density at radius 1 is 1.24 bits per heavy atom. The van der Waals surface area contributed by atoms with E-state index in [9.17, 15) is 28.0 Å². The van der Waals surface area contributed by atoms with Crippen molar-refractivity contribution in [2.45, 2.75) is 45.7 Å². The van der Waals surface area contributed by atoms with E-state index in [0.717, 1.165) is 12.1 Å². The first kappa shape index (κ1) is 21.1. The van der Waals surface area contributed by atoms with Crippen LogP contribution < -0.4 is 0 Å². The van der Waals surface area contributed by atoms with Crippen LogP contribution in [-0.2, 0) is 22.2 Å². The zero-order chi connectivity index (χ0) is 21.4. The molecule has 4 nitrogen and oxygen atoms in total. The topological polar surface area (TPSA) is 61.2 Å². The molecule has 29 heavy (non-hydrogen) atoms. The van der Waals surface area contributed by atoms with E-state index in [-0.39, 0.29) is 29.1 Å². The number of alkyl halides is 3. The number of benzene rings is 1. The minimum Gasteiger partial charge on any atom is -0.342 e. The van der Waals surface area contributed by atoms with E-state index >= 15 is 0 Å². The molecular formula is C22H23F3N2O2. The summed E-state index contributed by atoms with van der Waals surface area (Å²) in [6.07, 6.45) is -0.775. The van der Waals surface area contributed by atoms with Crippen molar-refractivity contribution in [2.24, 2.45) is 10.8 Å². The van der Waals surface area contributed by atoms with Gasteiger partial charge in [-0.05, 0) is 37.0 Å². The largest absolute Gasteiger partial charge is 0.416 e. The lowest BCUT2D eigenvalue weighted by atomic mass is 9.64. The zero-order valence-electron chi connectivity index (χ0n) is 16.5. The van der Waals surface area contributed by atoms with E-state index in [1.807, 2.05) is 19.9 Å². The zero-order valence-corrected chi connectivity index (χ0v) is 16.5. The molecule has 3 rings (SSSR count). The van der Waals surface area contributed by atoms with Gasteiger partial charge in [-0.2, -0.15) is 18.4 Å². The highest BCUT2D eigenvalue weighted by Gasteiger charge is 2.48. The van der Waals surface area contributed by atoms with Gasteiger partial charge < -0.3 is 4.90 Å². The second-order valence-corrected chi connectivity index (χ2v) is 8.68. The Labute approximate surface area is 168 Å². The molecule has 1 heterocycles. The number of carbonyl (C=O) groups is 2. The lowest BCUT2D eigenvalue weighted by molar-refractivity contribution is -0.137. The van der Waals surface area contributed by atoms with Crippen LogP contribution in [0.3, 0.4) is 0 Å². The molecule has 1 spiro atoms. The summed E-state index contributed by atoms with van der Waals surface area (Å²) in [5.41, 5.74) is -0.869. The molecule has 1 aromatic carbocycles. The van der Waals surface area contributed by atoms with E-state index in [1.165, 1.54) is 12.1 Å². The highest BCUT2D eigenvalue weighted by atomic mass is 19.4.